The molecule has 0 radical (unpaired) electrons. The van der Waals surface area contributed by atoms with Gasteiger partial charge in [-0.1, -0.05) is 6.07 Å². The van der Waals surface area contributed by atoms with Crippen LogP contribution in [0.4, 0.5) is 8.78 Å². The summed E-state index contributed by atoms with van der Waals surface area (Å²) in [5, 5.41) is 10.7. The van der Waals surface area contributed by atoms with E-state index < -0.39 is 11.6 Å². The molecule has 0 spiro atoms. The lowest BCUT2D eigenvalue weighted by Gasteiger charge is -1.99. The van der Waals surface area contributed by atoms with Crippen molar-refractivity contribution in [3.05, 3.63) is 40.9 Å². The number of benzene rings is 1. The molecule has 84 valence electrons. The maximum Gasteiger partial charge on any atom is 0.136 e. The Balaban J connectivity index is 2.42. The van der Waals surface area contributed by atoms with Gasteiger partial charge in [-0.05, 0) is 12.1 Å². The molecule has 0 amide bonds. The van der Waals surface area contributed by atoms with Crippen molar-refractivity contribution in [2.75, 3.05) is 6.61 Å². The van der Waals surface area contributed by atoms with Crippen molar-refractivity contribution < 1.29 is 13.9 Å². The minimum Gasteiger partial charge on any atom is -0.396 e. The zero-order chi connectivity index (χ0) is 11.5. The predicted molar refractivity (Wildman–Crippen MR) is 58.3 cm³/mol. The van der Waals surface area contributed by atoms with E-state index in [0.29, 0.717) is 17.1 Å². The number of rotatable bonds is 3. The van der Waals surface area contributed by atoms with E-state index in [4.69, 9.17) is 5.11 Å². The molecule has 0 aliphatic heterocycles. The van der Waals surface area contributed by atoms with Gasteiger partial charge in [0.1, 0.15) is 16.6 Å². The molecule has 1 aromatic heterocycles. The summed E-state index contributed by atoms with van der Waals surface area (Å²) in [5.74, 6) is -1.24. The van der Waals surface area contributed by atoms with Crippen LogP contribution in [-0.2, 0) is 6.42 Å². The Morgan fingerprint density at radius 2 is 1.94 bits per heavy atom. The van der Waals surface area contributed by atoms with Gasteiger partial charge in [0.2, 0.25) is 0 Å². The summed E-state index contributed by atoms with van der Waals surface area (Å²) in [7, 11) is 0. The Morgan fingerprint density at radius 1 is 1.25 bits per heavy atom. The van der Waals surface area contributed by atoms with Crippen molar-refractivity contribution in [3.8, 4) is 10.6 Å². The van der Waals surface area contributed by atoms with Gasteiger partial charge in [0.15, 0.2) is 0 Å². The highest BCUT2D eigenvalue weighted by molar-refractivity contribution is 7.13. The van der Waals surface area contributed by atoms with E-state index in [1.807, 2.05) is 0 Å². The number of hydrogen-bond donors (Lipinski definition) is 1. The number of thiazole rings is 1. The quantitative estimate of drug-likeness (QED) is 0.896. The first-order valence-electron chi connectivity index (χ1n) is 4.72. The minimum atomic E-state index is -0.620. The van der Waals surface area contributed by atoms with Crippen LogP contribution in [0, 0.1) is 11.6 Å². The van der Waals surface area contributed by atoms with Gasteiger partial charge in [-0.3, -0.25) is 0 Å². The van der Waals surface area contributed by atoms with Crippen molar-refractivity contribution >= 4 is 11.3 Å². The van der Waals surface area contributed by atoms with E-state index >= 15 is 0 Å². The van der Waals surface area contributed by atoms with Crippen LogP contribution in [0.2, 0.25) is 0 Å². The van der Waals surface area contributed by atoms with Crippen molar-refractivity contribution in [1.82, 2.24) is 4.98 Å². The molecule has 0 fully saturated rings. The lowest BCUT2D eigenvalue weighted by atomic mass is 10.2. The molecule has 0 saturated heterocycles. The standard InChI is InChI=1S/C11H9F2NOS/c12-8-2-1-3-9(13)10(8)11-14-7(4-5-15)6-16-11/h1-3,6,15H,4-5H2. The number of halogens is 2. The van der Waals surface area contributed by atoms with Gasteiger partial charge in [-0.2, -0.15) is 0 Å². The highest BCUT2D eigenvalue weighted by atomic mass is 32.1. The SMILES string of the molecule is OCCc1csc(-c2c(F)cccc2F)n1. The van der Waals surface area contributed by atoms with E-state index in [1.54, 1.807) is 5.38 Å². The predicted octanol–water partition coefficient (Wildman–Crippen LogP) is 2.62. The molecule has 5 heteroatoms. The molecule has 2 rings (SSSR count). The molecule has 0 unspecified atom stereocenters. The Kier molecular flexibility index (Phi) is 3.26. The Labute approximate surface area is 95.2 Å². The number of aliphatic hydroxyl groups is 1. The summed E-state index contributed by atoms with van der Waals surface area (Å²) in [5.41, 5.74) is 0.543. The van der Waals surface area contributed by atoms with Crippen LogP contribution in [0.3, 0.4) is 0 Å². The molecule has 2 nitrogen and oxygen atoms in total. The lowest BCUT2D eigenvalue weighted by molar-refractivity contribution is 0.298. The zero-order valence-corrected chi connectivity index (χ0v) is 9.10. The van der Waals surface area contributed by atoms with Gasteiger partial charge in [-0.15, -0.1) is 11.3 Å². The van der Waals surface area contributed by atoms with Crippen molar-refractivity contribution in [1.29, 1.82) is 0 Å². The first-order chi connectivity index (χ1) is 7.72. The monoisotopic (exact) mass is 241 g/mol. The fourth-order valence-electron chi connectivity index (χ4n) is 1.35. The van der Waals surface area contributed by atoms with Gasteiger partial charge in [-0.25, -0.2) is 13.8 Å². The van der Waals surface area contributed by atoms with Gasteiger partial charge < -0.3 is 5.11 Å². The normalized spacial score (nSPS) is 10.7. The Bertz CT molecular complexity index is 478. The molecule has 16 heavy (non-hydrogen) atoms. The van der Waals surface area contributed by atoms with E-state index in [0.717, 1.165) is 0 Å². The molecule has 1 aromatic carbocycles. The molecule has 0 bridgehead atoms. The average molecular weight is 241 g/mol. The summed E-state index contributed by atoms with van der Waals surface area (Å²) in [6.07, 6.45) is 0.395. The summed E-state index contributed by atoms with van der Waals surface area (Å²) in [6.45, 7) is -0.0249. The van der Waals surface area contributed by atoms with Crippen molar-refractivity contribution in [2.45, 2.75) is 6.42 Å². The molecule has 1 heterocycles. The summed E-state index contributed by atoms with van der Waals surface area (Å²) in [6, 6.07) is 3.72. The maximum atomic E-state index is 13.4. The fraction of sp³-hybridized carbons (Fsp3) is 0.182. The molecule has 2 aromatic rings. The molecule has 1 N–H and O–H groups in total. The highest BCUT2D eigenvalue weighted by Gasteiger charge is 2.14. The largest absolute Gasteiger partial charge is 0.396 e. The summed E-state index contributed by atoms with van der Waals surface area (Å²) in [4.78, 5) is 4.07. The second kappa shape index (κ2) is 4.67. The van der Waals surface area contributed by atoms with Gasteiger partial charge >= 0.3 is 0 Å². The van der Waals surface area contributed by atoms with Crippen molar-refractivity contribution in [3.63, 3.8) is 0 Å². The Hall–Kier alpha value is -1.33. The highest BCUT2D eigenvalue weighted by Crippen LogP contribution is 2.28. The third kappa shape index (κ3) is 2.10. The molecule has 0 atom stereocenters. The average Bonchev–Trinajstić information content (AvgIpc) is 2.67. The lowest BCUT2D eigenvalue weighted by Crippen LogP contribution is -1.92. The first-order valence-corrected chi connectivity index (χ1v) is 5.60. The topological polar surface area (TPSA) is 33.1 Å². The van der Waals surface area contributed by atoms with Crippen LogP contribution in [0.15, 0.2) is 23.6 Å². The van der Waals surface area contributed by atoms with Crippen LogP contribution in [0.5, 0.6) is 0 Å². The summed E-state index contributed by atoms with van der Waals surface area (Å²) < 4.78 is 26.8. The second-order valence-corrected chi connectivity index (χ2v) is 4.07. The molecule has 0 aliphatic carbocycles. The van der Waals surface area contributed by atoms with Crippen molar-refractivity contribution in [2.24, 2.45) is 0 Å². The number of aliphatic hydroxyl groups excluding tert-OH is 1. The fourth-order valence-corrected chi connectivity index (χ4v) is 2.25. The van der Waals surface area contributed by atoms with E-state index in [2.05, 4.69) is 4.98 Å². The van der Waals surface area contributed by atoms with Gasteiger partial charge in [0.25, 0.3) is 0 Å². The zero-order valence-electron chi connectivity index (χ0n) is 8.28. The molecule has 0 aliphatic rings. The van der Waals surface area contributed by atoms with E-state index in [1.165, 1.54) is 29.5 Å². The number of aromatic nitrogens is 1. The van der Waals surface area contributed by atoms with Crippen LogP contribution in [0.1, 0.15) is 5.69 Å². The smallest absolute Gasteiger partial charge is 0.136 e. The number of nitrogens with zero attached hydrogens (tertiary/aromatic N) is 1. The molecular weight excluding hydrogens is 232 g/mol. The Morgan fingerprint density at radius 3 is 2.56 bits per heavy atom. The maximum absolute atomic E-state index is 13.4. The molecular formula is C11H9F2NOS. The third-order valence-corrected chi connectivity index (χ3v) is 3.00. The minimum absolute atomic E-state index is 0.0249. The van der Waals surface area contributed by atoms with Crippen LogP contribution < -0.4 is 0 Å². The first kappa shape index (κ1) is 11.2. The summed E-state index contributed by atoms with van der Waals surface area (Å²) >= 11 is 1.17. The molecule has 0 saturated carbocycles. The van der Waals surface area contributed by atoms with Crippen LogP contribution >= 0.6 is 11.3 Å². The third-order valence-electron chi connectivity index (χ3n) is 2.10. The van der Waals surface area contributed by atoms with Crippen LogP contribution in [-0.4, -0.2) is 16.7 Å². The second-order valence-electron chi connectivity index (χ2n) is 3.21. The van der Waals surface area contributed by atoms with Gasteiger partial charge in [0.05, 0.1) is 11.3 Å². The van der Waals surface area contributed by atoms with Crippen LogP contribution in [0.25, 0.3) is 10.6 Å². The number of hydrogen-bond acceptors (Lipinski definition) is 3. The van der Waals surface area contributed by atoms with Gasteiger partial charge in [0, 0.05) is 18.4 Å². The van der Waals surface area contributed by atoms with E-state index in [-0.39, 0.29) is 12.2 Å². The van der Waals surface area contributed by atoms with E-state index in [9.17, 15) is 8.78 Å².